The molecule has 0 aliphatic heterocycles. The molecule has 0 aromatic heterocycles. The molecule has 0 saturated heterocycles. The van der Waals surface area contributed by atoms with Gasteiger partial charge in [-0.05, 0) is 27.2 Å². The predicted octanol–water partition coefficient (Wildman–Crippen LogP) is 2.07. The molecule has 0 aromatic rings. The van der Waals surface area contributed by atoms with Gasteiger partial charge in [0.25, 0.3) is 0 Å². The van der Waals surface area contributed by atoms with E-state index in [9.17, 15) is 0 Å². The molecule has 2 nitrogen and oxygen atoms in total. The van der Waals surface area contributed by atoms with Crippen LogP contribution in [0.5, 0.6) is 0 Å². The molecule has 0 aromatic carbocycles. The molecule has 0 spiro atoms. The molecule has 0 heterocycles. The molecular formula is C9H20O2. The minimum Gasteiger partial charge on any atom is -0.368 e. The van der Waals surface area contributed by atoms with Crippen molar-refractivity contribution < 1.29 is 10.2 Å². The van der Waals surface area contributed by atoms with Gasteiger partial charge in [-0.15, -0.1) is 0 Å². The molecule has 0 fully saturated rings. The zero-order valence-corrected chi connectivity index (χ0v) is 7.96. The Morgan fingerprint density at radius 2 is 1.73 bits per heavy atom. The number of hydrogen-bond donors (Lipinski definition) is 2. The van der Waals surface area contributed by atoms with Crippen LogP contribution in [0.4, 0.5) is 0 Å². The minimum atomic E-state index is -1.10. The second-order valence-electron chi connectivity index (χ2n) is 2.64. The van der Waals surface area contributed by atoms with E-state index in [1.165, 1.54) is 5.57 Å². The molecule has 2 N–H and O–H groups in total. The second-order valence-corrected chi connectivity index (χ2v) is 2.64. The summed E-state index contributed by atoms with van der Waals surface area (Å²) in [6, 6.07) is 0. The summed E-state index contributed by atoms with van der Waals surface area (Å²) in [5.41, 5.74) is 1.38. The van der Waals surface area contributed by atoms with Gasteiger partial charge in [0.2, 0.25) is 0 Å². The van der Waals surface area contributed by atoms with Crippen LogP contribution in [0.3, 0.4) is 0 Å². The molecular weight excluding hydrogens is 140 g/mol. The third-order valence-electron chi connectivity index (χ3n) is 1.12. The van der Waals surface area contributed by atoms with Crippen LogP contribution in [0.1, 0.15) is 40.5 Å². The molecule has 0 unspecified atom stereocenters. The molecule has 68 valence electrons. The molecule has 0 saturated carbocycles. The third kappa shape index (κ3) is 26.1. The lowest BCUT2D eigenvalue weighted by Gasteiger charge is -1.94. The van der Waals surface area contributed by atoms with Gasteiger partial charge in [-0.2, -0.15) is 0 Å². The van der Waals surface area contributed by atoms with Crippen LogP contribution < -0.4 is 0 Å². The highest BCUT2D eigenvalue weighted by atomic mass is 16.5. The van der Waals surface area contributed by atoms with Gasteiger partial charge in [-0.3, -0.25) is 0 Å². The van der Waals surface area contributed by atoms with Gasteiger partial charge in [0.05, 0.1) is 0 Å². The predicted molar refractivity (Wildman–Crippen MR) is 48.2 cm³/mol. The van der Waals surface area contributed by atoms with E-state index in [4.69, 9.17) is 10.2 Å². The van der Waals surface area contributed by atoms with Crippen molar-refractivity contribution in [3.05, 3.63) is 11.6 Å². The summed E-state index contributed by atoms with van der Waals surface area (Å²) in [5, 5.41) is 16.2. The highest BCUT2D eigenvalue weighted by molar-refractivity contribution is 4.88. The van der Waals surface area contributed by atoms with Crippen LogP contribution in [0.25, 0.3) is 0 Å². The van der Waals surface area contributed by atoms with Crippen molar-refractivity contribution in [3.8, 4) is 0 Å². The number of hydrogen-bond acceptors (Lipinski definition) is 2. The monoisotopic (exact) mass is 160 g/mol. The minimum absolute atomic E-state index is 0.486. The maximum absolute atomic E-state index is 8.11. The van der Waals surface area contributed by atoms with Crippen molar-refractivity contribution in [1.82, 2.24) is 0 Å². The number of rotatable bonds is 2. The van der Waals surface area contributed by atoms with Crippen LogP contribution in [0.2, 0.25) is 0 Å². The van der Waals surface area contributed by atoms with Crippen molar-refractivity contribution in [3.63, 3.8) is 0 Å². The first-order chi connectivity index (χ1) is 5.04. The van der Waals surface area contributed by atoms with Crippen molar-refractivity contribution in [2.45, 2.75) is 46.8 Å². The Labute approximate surface area is 69.6 Å². The van der Waals surface area contributed by atoms with Crippen molar-refractivity contribution in [2.75, 3.05) is 0 Å². The summed E-state index contributed by atoms with van der Waals surface area (Å²) in [4.78, 5) is 0. The van der Waals surface area contributed by atoms with Gasteiger partial charge in [-0.25, -0.2) is 0 Å². The Hall–Kier alpha value is -0.340. The largest absolute Gasteiger partial charge is 0.368 e. The molecule has 11 heavy (non-hydrogen) atoms. The first-order valence-electron chi connectivity index (χ1n) is 4.00. The zero-order valence-electron chi connectivity index (χ0n) is 7.96. The summed E-state index contributed by atoms with van der Waals surface area (Å²) in [6.45, 7) is 8.11. The number of allylic oxidation sites excluding steroid dienone is 2. The molecule has 0 bridgehead atoms. The Kier molecular flexibility index (Phi) is 11.6. The normalized spacial score (nSPS) is 8.64. The summed E-state index contributed by atoms with van der Waals surface area (Å²) in [6.07, 6.45) is 2.30. The van der Waals surface area contributed by atoms with E-state index < -0.39 is 6.29 Å². The fourth-order valence-electron chi connectivity index (χ4n) is 0.258. The van der Waals surface area contributed by atoms with Gasteiger partial charge < -0.3 is 10.2 Å². The highest BCUT2D eigenvalue weighted by Gasteiger charge is 1.89. The van der Waals surface area contributed by atoms with Crippen LogP contribution in [0.15, 0.2) is 11.6 Å². The van der Waals surface area contributed by atoms with Crippen molar-refractivity contribution >= 4 is 0 Å². The van der Waals surface area contributed by atoms with Crippen LogP contribution in [0, 0.1) is 0 Å². The summed E-state index contributed by atoms with van der Waals surface area (Å²) >= 11 is 0. The smallest absolute Gasteiger partial charge is 0.151 e. The first-order valence-corrected chi connectivity index (χ1v) is 4.00. The van der Waals surface area contributed by atoms with Gasteiger partial charge >= 0.3 is 0 Å². The SMILES string of the molecule is CC=C(C)C.CCCC(O)O. The molecule has 0 rings (SSSR count). The van der Waals surface area contributed by atoms with Gasteiger partial charge in [0.15, 0.2) is 6.29 Å². The summed E-state index contributed by atoms with van der Waals surface area (Å²) < 4.78 is 0. The van der Waals surface area contributed by atoms with E-state index in [1.54, 1.807) is 0 Å². The second kappa shape index (κ2) is 9.66. The lowest BCUT2D eigenvalue weighted by atomic mass is 10.3. The van der Waals surface area contributed by atoms with Crippen molar-refractivity contribution in [1.29, 1.82) is 0 Å². The molecule has 0 aliphatic rings. The molecule has 0 aliphatic carbocycles. The van der Waals surface area contributed by atoms with E-state index in [1.807, 2.05) is 13.8 Å². The maximum Gasteiger partial charge on any atom is 0.151 e. The number of aliphatic hydroxyl groups is 2. The van der Waals surface area contributed by atoms with Crippen LogP contribution in [-0.4, -0.2) is 16.5 Å². The van der Waals surface area contributed by atoms with Crippen LogP contribution in [-0.2, 0) is 0 Å². The van der Waals surface area contributed by atoms with E-state index in [2.05, 4.69) is 19.9 Å². The topological polar surface area (TPSA) is 40.5 Å². The average Bonchev–Trinajstić information content (AvgIpc) is 1.89. The van der Waals surface area contributed by atoms with Gasteiger partial charge in [-0.1, -0.05) is 25.0 Å². The number of aliphatic hydroxyl groups excluding tert-OH is 1. The van der Waals surface area contributed by atoms with E-state index in [0.717, 1.165) is 6.42 Å². The highest BCUT2D eigenvalue weighted by Crippen LogP contribution is 1.88. The fraction of sp³-hybridized carbons (Fsp3) is 0.778. The van der Waals surface area contributed by atoms with Crippen molar-refractivity contribution in [2.24, 2.45) is 0 Å². The first kappa shape index (κ1) is 13.3. The Balaban J connectivity index is 0. The third-order valence-corrected chi connectivity index (χ3v) is 1.12. The lowest BCUT2D eigenvalue weighted by Crippen LogP contribution is -2.01. The maximum atomic E-state index is 8.11. The van der Waals surface area contributed by atoms with Crippen LogP contribution >= 0.6 is 0 Å². The van der Waals surface area contributed by atoms with E-state index >= 15 is 0 Å². The average molecular weight is 160 g/mol. The molecule has 0 radical (unpaired) electrons. The summed E-state index contributed by atoms with van der Waals surface area (Å²) in [5.74, 6) is 0. The Morgan fingerprint density at radius 3 is 1.73 bits per heavy atom. The van der Waals surface area contributed by atoms with Gasteiger partial charge in [0, 0.05) is 0 Å². The quantitative estimate of drug-likeness (QED) is 0.479. The fourth-order valence-corrected chi connectivity index (χ4v) is 0.258. The standard InChI is InChI=1S/C5H10.C4H10O2/c1-4-5(2)3;1-2-3-4(5)6/h4H,1-3H3;4-6H,2-3H2,1H3. The molecule has 0 amide bonds. The van der Waals surface area contributed by atoms with E-state index in [0.29, 0.717) is 6.42 Å². The Bertz CT molecular complexity index is 91.7. The summed E-state index contributed by atoms with van der Waals surface area (Å²) in [7, 11) is 0. The van der Waals surface area contributed by atoms with E-state index in [-0.39, 0.29) is 0 Å². The molecule has 2 heteroatoms. The zero-order chi connectivity index (χ0) is 9.28. The molecule has 0 atom stereocenters. The lowest BCUT2D eigenvalue weighted by molar-refractivity contribution is -0.0453. The van der Waals surface area contributed by atoms with Gasteiger partial charge in [0.1, 0.15) is 0 Å². The Morgan fingerprint density at radius 1 is 1.36 bits per heavy atom.